The fourth-order valence-electron chi connectivity index (χ4n) is 1.89. The highest BCUT2D eigenvalue weighted by Gasteiger charge is 2.31. The van der Waals surface area contributed by atoms with E-state index in [9.17, 15) is 9.59 Å². The van der Waals surface area contributed by atoms with Gasteiger partial charge in [-0.2, -0.15) is 0 Å². The number of amides is 1. The minimum absolute atomic E-state index is 0.0579. The zero-order valence-corrected chi connectivity index (χ0v) is 12.9. The molecule has 1 N–H and O–H groups in total. The van der Waals surface area contributed by atoms with Crippen molar-refractivity contribution in [2.24, 2.45) is 5.92 Å². The molecule has 0 aromatic rings. The van der Waals surface area contributed by atoms with E-state index in [4.69, 9.17) is 17.3 Å². The highest BCUT2D eigenvalue weighted by Crippen LogP contribution is 2.32. The molecule has 0 aromatic heterocycles. The summed E-state index contributed by atoms with van der Waals surface area (Å²) in [7, 11) is 0. The third kappa shape index (κ3) is 4.95. The highest BCUT2D eigenvalue weighted by molar-refractivity contribution is 8.26. The lowest BCUT2D eigenvalue weighted by Gasteiger charge is -2.13. The van der Waals surface area contributed by atoms with Gasteiger partial charge in [0.15, 0.2) is 0 Å². The second-order valence-corrected chi connectivity index (χ2v) is 6.29. The number of carbonyl (C=O) groups is 2. The second-order valence-electron chi connectivity index (χ2n) is 4.62. The first-order valence-corrected chi connectivity index (χ1v) is 7.65. The molecule has 0 spiro atoms. The van der Waals surface area contributed by atoms with Crippen LogP contribution in [0, 0.1) is 5.92 Å². The number of carboxylic acids is 1. The molecular weight excluding hydrogens is 282 g/mol. The summed E-state index contributed by atoms with van der Waals surface area (Å²) in [5, 5.41) is 8.60. The molecular formula is C13H19NO3S2. The Balaban J connectivity index is 2.60. The minimum Gasteiger partial charge on any atom is -0.481 e. The van der Waals surface area contributed by atoms with Gasteiger partial charge in [-0.05, 0) is 18.8 Å². The summed E-state index contributed by atoms with van der Waals surface area (Å²) in [6.07, 6.45) is 4.58. The zero-order chi connectivity index (χ0) is 14.4. The number of thioether (sulfide) groups is 1. The molecule has 1 heterocycles. The van der Waals surface area contributed by atoms with Crippen LogP contribution >= 0.6 is 24.0 Å². The van der Waals surface area contributed by atoms with Gasteiger partial charge in [0.05, 0.1) is 4.91 Å². The van der Waals surface area contributed by atoms with E-state index in [1.165, 1.54) is 16.7 Å². The first kappa shape index (κ1) is 16.2. The number of carboxylic acid groups (broad SMARTS) is 1. The van der Waals surface area contributed by atoms with Gasteiger partial charge in [0.2, 0.25) is 0 Å². The van der Waals surface area contributed by atoms with Crippen molar-refractivity contribution < 1.29 is 14.7 Å². The molecule has 0 aromatic carbocycles. The third-order valence-electron chi connectivity index (χ3n) is 2.83. The maximum absolute atomic E-state index is 12.1. The molecule has 0 aliphatic carbocycles. The summed E-state index contributed by atoms with van der Waals surface area (Å²) >= 11 is 6.49. The van der Waals surface area contributed by atoms with Crippen molar-refractivity contribution in [2.45, 2.75) is 39.5 Å². The van der Waals surface area contributed by atoms with Gasteiger partial charge in [-0.1, -0.05) is 50.3 Å². The molecule has 19 heavy (non-hydrogen) atoms. The topological polar surface area (TPSA) is 57.6 Å². The number of hydrogen-bond donors (Lipinski definition) is 1. The summed E-state index contributed by atoms with van der Waals surface area (Å²) in [4.78, 5) is 24.8. The van der Waals surface area contributed by atoms with Crippen LogP contribution < -0.4 is 0 Å². The predicted octanol–water partition coefficient (Wildman–Crippen LogP) is 3.03. The Hall–Kier alpha value is -0.880. The van der Waals surface area contributed by atoms with Crippen molar-refractivity contribution in [2.75, 3.05) is 6.54 Å². The number of nitrogens with zero attached hydrogens (tertiary/aromatic N) is 1. The normalized spacial score (nSPS) is 19.3. The standard InChI is InChI=1S/C13H19NO3S2/c1-3-5-9(2)8-10-12(17)14(13(18)19-10)7-4-6-11(15)16/h8-9H,3-7H2,1-2H3,(H,15,16)/b10-8-. The second kappa shape index (κ2) is 7.65. The van der Waals surface area contributed by atoms with Gasteiger partial charge in [-0.3, -0.25) is 14.5 Å². The van der Waals surface area contributed by atoms with Gasteiger partial charge in [0.25, 0.3) is 5.91 Å². The van der Waals surface area contributed by atoms with Crippen LogP contribution in [-0.2, 0) is 9.59 Å². The van der Waals surface area contributed by atoms with Crippen LogP contribution in [0.25, 0.3) is 0 Å². The molecule has 0 saturated carbocycles. The fourth-order valence-corrected chi connectivity index (χ4v) is 3.31. The molecule has 6 heteroatoms. The van der Waals surface area contributed by atoms with Crippen molar-refractivity contribution in [1.82, 2.24) is 4.90 Å². The average molecular weight is 301 g/mol. The molecule has 0 bridgehead atoms. The average Bonchev–Trinajstić information content (AvgIpc) is 2.56. The molecule has 1 atom stereocenters. The molecule has 1 unspecified atom stereocenters. The molecule has 1 saturated heterocycles. The zero-order valence-electron chi connectivity index (χ0n) is 11.2. The van der Waals surface area contributed by atoms with Crippen LogP contribution in [0.5, 0.6) is 0 Å². The van der Waals surface area contributed by atoms with Crippen molar-refractivity contribution >= 4 is 40.2 Å². The molecule has 1 aliphatic heterocycles. The SMILES string of the molecule is CCCC(C)/C=C1\SC(=S)N(CCCC(=O)O)C1=O. The molecule has 1 amide bonds. The van der Waals surface area contributed by atoms with Gasteiger partial charge < -0.3 is 5.11 Å². The van der Waals surface area contributed by atoms with Gasteiger partial charge in [-0.15, -0.1) is 0 Å². The Bertz CT molecular complexity index is 407. The monoisotopic (exact) mass is 301 g/mol. The van der Waals surface area contributed by atoms with Gasteiger partial charge >= 0.3 is 5.97 Å². The third-order valence-corrected chi connectivity index (χ3v) is 4.22. The Morgan fingerprint density at radius 2 is 2.26 bits per heavy atom. The first-order valence-electron chi connectivity index (χ1n) is 6.43. The smallest absolute Gasteiger partial charge is 0.303 e. The molecule has 4 nitrogen and oxygen atoms in total. The van der Waals surface area contributed by atoms with Gasteiger partial charge in [-0.25, -0.2) is 0 Å². The van der Waals surface area contributed by atoms with Crippen molar-refractivity contribution in [3.8, 4) is 0 Å². The van der Waals surface area contributed by atoms with E-state index < -0.39 is 5.97 Å². The molecule has 106 valence electrons. The minimum atomic E-state index is -0.849. The van der Waals surface area contributed by atoms with Crippen molar-refractivity contribution in [3.63, 3.8) is 0 Å². The highest BCUT2D eigenvalue weighted by atomic mass is 32.2. The number of thiocarbonyl (C=S) groups is 1. The maximum atomic E-state index is 12.1. The van der Waals surface area contributed by atoms with Crippen LogP contribution in [0.15, 0.2) is 11.0 Å². The maximum Gasteiger partial charge on any atom is 0.303 e. The Labute approximate surface area is 123 Å². The summed E-state index contributed by atoms with van der Waals surface area (Å²) in [6.45, 7) is 4.58. The largest absolute Gasteiger partial charge is 0.481 e. The Morgan fingerprint density at radius 1 is 1.58 bits per heavy atom. The first-order chi connectivity index (χ1) is 8.95. The fraction of sp³-hybridized carbons (Fsp3) is 0.615. The lowest BCUT2D eigenvalue weighted by atomic mass is 10.1. The van der Waals surface area contributed by atoms with Crippen LogP contribution in [0.1, 0.15) is 39.5 Å². The number of hydrogen-bond acceptors (Lipinski definition) is 4. The van der Waals surface area contributed by atoms with E-state index in [-0.39, 0.29) is 12.3 Å². The quantitative estimate of drug-likeness (QED) is 0.578. The van der Waals surface area contributed by atoms with Crippen LogP contribution in [0.4, 0.5) is 0 Å². The number of carbonyl (C=O) groups excluding carboxylic acids is 1. The summed E-state index contributed by atoms with van der Waals surface area (Å²) < 4.78 is 0.533. The van der Waals surface area contributed by atoms with E-state index >= 15 is 0 Å². The van der Waals surface area contributed by atoms with E-state index in [2.05, 4.69) is 13.8 Å². The van der Waals surface area contributed by atoms with Crippen LogP contribution in [0.3, 0.4) is 0 Å². The predicted molar refractivity (Wildman–Crippen MR) is 80.9 cm³/mol. The molecule has 1 fully saturated rings. The van der Waals surface area contributed by atoms with Crippen LogP contribution in [0.2, 0.25) is 0 Å². The lowest BCUT2D eigenvalue weighted by Crippen LogP contribution is -2.29. The summed E-state index contributed by atoms with van der Waals surface area (Å²) in [6, 6.07) is 0. The van der Waals surface area contributed by atoms with Gasteiger partial charge in [0, 0.05) is 13.0 Å². The number of aliphatic carboxylic acids is 1. The lowest BCUT2D eigenvalue weighted by molar-refractivity contribution is -0.137. The molecule has 1 aliphatic rings. The van der Waals surface area contributed by atoms with Gasteiger partial charge in [0.1, 0.15) is 4.32 Å². The Kier molecular flexibility index (Phi) is 6.51. The van der Waals surface area contributed by atoms with E-state index in [0.29, 0.717) is 28.1 Å². The van der Waals surface area contributed by atoms with Crippen molar-refractivity contribution in [3.05, 3.63) is 11.0 Å². The van der Waals surface area contributed by atoms with Crippen LogP contribution in [-0.4, -0.2) is 32.7 Å². The van der Waals surface area contributed by atoms with E-state index in [0.717, 1.165) is 12.8 Å². The van der Waals surface area contributed by atoms with E-state index in [1.54, 1.807) is 0 Å². The molecule has 0 radical (unpaired) electrons. The summed E-state index contributed by atoms with van der Waals surface area (Å²) in [5.41, 5.74) is 0. The Morgan fingerprint density at radius 3 is 2.84 bits per heavy atom. The number of rotatable bonds is 7. The summed E-state index contributed by atoms with van der Waals surface area (Å²) in [5.74, 6) is -0.570. The van der Waals surface area contributed by atoms with Crippen molar-refractivity contribution in [1.29, 1.82) is 0 Å². The molecule has 1 rings (SSSR count). The van der Waals surface area contributed by atoms with E-state index in [1.807, 2.05) is 6.08 Å². The number of allylic oxidation sites excluding steroid dienone is 1.